The van der Waals surface area contributed by atoms with Crippen molar-refractivity contribution >= 4 is 44.5 Å². The number of H-pyrrole nitrogens is 1. The van der Waals surface area contributed by atoms with Gasteiger partial charge in [-0.3, -0.25) is 9.10 Å². The third-order valence-corrected chi connectivity index (χ3v) is 8.90. The van der Waals surface area contributed by atoms with Crippen molar-refractivity contribution < 1.29 is 22.9 Å². The summed E-state index contributed by atoms with van der Waals surface area (Å²) in [4.78, 5) is 21.9. The Morgan fingerprint density at radius 3 is 2.52 bits per heavy atom. The lowest BCUT2D eigenvalue weighted by molar-refractivity contribution is 0.0964. The third kappa shape index (κ3) is 5.06. The van der Waals surface area contributed by atoms with Crippen LogP contribution in [-0.2, 0) is 17.4 Å². The van der Waals surface area contributed by atoms with E-state index in [1.165, 1.54) is 19.2 Å². The minimum absolute atomic E-state index is 0.0429. The number of aromatic nitrogens is 2. The van der Waals surface area contributed by atoms with Crippen LogP contribution in [0.25, 0.3) is 55.8 Å². The second-order valence-corrected chi connectivity index (χ2v) is 11.9. The van der Waals surface area contributed by atoms with Crippen LogP contribution in [0, 0.1) is 12.7 Å². The number of para-hydroxylation sites is 1. The van der Waals surface area contributed by atoms with Crippen molar-refractivity contribution in [1.82, 2.24) is 15.3 Å². The minimum Gasteiger partial charge on any atom is -0.455 e. The molecular weight excluding hydrogens is 579 g/mol. The molecule has 0 bridgehead atoms. The van der Waals surface area contributed by atoms with E-state index in [0.29, 0.717) is 56.9 Å². The highest BCUT2D eigenvalue weighted by molar-refractivity contribution is 7.85. The largest absolute Gasteiger partial charge is 0.455 e. The van der Waals surface area contributed by atoms with Gasteiger partial charge in [0.05, 0.1) is 28.3 Å². The standard InChI is InChI=1S/C34H31FN4O4S/c1-19-23-7-5-6-8-26(23)37-31(19)32-20(15-16-40)11-14-27(38-32)24-17-25-29(18-28(24)39(3)44(4)42)43-33(30(25)34(41)36-2)21-9-12-22(35)13-10-21/h5-14,17-18,37,40H,15-16H2,1-4H3,(H,36,41). The molecule has 0 radical (unpaired) electrons. The summed E-state index contributed by atoms with van der Waals surface area (Å²) in [6.45, 7) is 1.99. The second kappa shape index (κ2) is 11.7. The molecule has 1 atom stereocenters. The van der Waals surface area contributed by atoms with Crippen LogP contribution >= 0.6 is 0 Å². The molecule has 0 saturated heterocycles. The van der Waals surface area contributed by atoms with Crippen molar-refractivity contribution in [3.05, 3.63) is 95.3 Å². The molecule has 0 spiro atoms. The molecule has 44 heavy (non-hydrogen) atoms. The summed E-state index contributed by atoms with van der Waals surface area (Å²) in [7, 11) is 1.86. The summed E-state index contributed by atoms with van der Waals surface area (Å²) >= 11 is 0. The normalized spacial score (nSPS) is 12.1. The number of fused-ring (bicyclic) bond motifs is 2. The van der Waals surface area contributed by atoms with Crippen molar-refractivity contribution in [2.45, 2.75) is 13.3 Å². The lowest BCUT2D eigenvalue weighted by Gasteiger charge is -2.20. The van der Waals surface area contributed by atoms with Gasteiger partial charge in [0.2, 0.25) is 0 Å². The molecule has 1 unspecified atom stereocenters. The van der Waals surface area contributed by atoms with Crippen molar-refractivity contribution in [2.24, 2.45) is 0 Å². The van der Waals surface area contributed by atoms with Gasteiger partial charge in [-0.05, 0) is 66.9 Å². The Bertz CT molecular complexity index is 2070. The molecule has 3 aromatic carbocycles. The molecule has 6 rings (SSSR count). The van der Waals surface area contributed by atoms with Gasteiger partial charge in [0, 0.05) is 60.4 Å². The Morgan fingerprint density at radius 2 is 1.84 bits per heavy atom. The van der Waals surface area contributed by atoms with Crippen LogP contribution in [0.3, 0.4) is 0 Å². The first-order valence-electron chi connectivity index (χ1n) is 14.1. The first-order chi connectivity index (χ1) is 21.2. The van der Waals surface area contributed by atoms with Gasteiger partial charge in [0.1, 0.15) is 28.1 Å². The van der Waals surface area contributed by atoms with Crippen LogP contribution < -0.4 is 9.62 Å². The van der Waals surface area contributed by atoms with E-state index in [-0.39, 0.29) is 12.5 Å². The number of amides is 1. The number of carbonyl (C=O) groups excluding carboxylic acids is 1. The van der Waals surface area contributed by atoms with Crippen LogP contribution in [0.4, 0.5) is 10.1 Å². The molecule has 0 aliphatic heterocycles. The average molecular weight is 611 g/mol. The van der Waals surface area contributed by atoms with Crippen molar-refractivity contribution in [3.8, 4) is 34.0 Å². The first kappa shape index (κ1) is 29.3. The number of aryl methyl sites for hydroxylation is 1. The molecule has 3 heterocycles. The molecular formula is C34H31FN4O4S. The monoisotopic (exact) mass is 610 g/mol. The van der Waals surface area contributed by atoms with Crippen molar-refractivity contribution in [1.29, 1.82) is 0 Å². The number of carbonyl (C=O) groups is 1. The van der Waals surface area contributed by atoms with E-state index in [0.717, 1.165) is 27.7 Å². The van der Waals surface area contributed by atoms with E-state index >= 15 is 0 Å². The molecule has 10 heteroatoms. The number of aromatic amines is 1. The van der Waals surface area contributed by atoms with Gasteiger partial charge in [-0.15, -0.1) is 0 Å². The van der Waals surface area contributed by atoms with E-state index < -0.39 is 16.8 Å². The van der Waals surface area contributed by atoms with Gasteiger partial charge in [0.25, 0.3) is 5.91 Å². The average Bonchev–Trinajstić information content (AvgIpc) is 3.57. The topological polar surface area (TPSA) is 111 Å². The summed E-state index contributed by atoms with van der Waals surface area (Å²) < 4.78 is 34.4. The van der Waals surface area contributed by atoms with Gasteiger partial charge in [0.15, 0.2) is 0 Å². The number of aliphatic hydroxyl groups is 1. The lowest BCUT2D eigenvalue weighted by atomic mass is 9.99. The highest BCUT2D eigenvalue weighted by atomic mass is 32.2. The SMILES string of the molecule is CNC(=O)c1c(-c2ccc(F)cc2)oc2cc(N(C)S(C)=O)c(-c3ccc(CCO)c(-c4[nH]c5ccccc5c4C)n3)cc12. The van der Waals surface area contributed by atoms with E-state index in [9.17, 15) is 18.5 Å². The maximum atomic E-state index is 13.7. The van der Waals surface area contributed by atoms with E-state index in [1.54, 1.807) is 35.8 Å². The number of furan rings is 1. The smallest absolute Gasteiger partial charge is 0.255 e. The molecule has 3 N–H and O–H groups in total. The molecule has 0 saturated carbocycles. The van der Waals surface area contributed by atoms with Crippen molar-refractivity contribution in [2.75, 3.05) is 31.3 Å². The van der Waals surface area contributed by atoms with Crippen LogP contribution in [-0.4, -0.2) is 52.1 Å². The zero-order chi connectivity index (χ0) is 31.1. The zero-order valence-electron chi connectivity index (χ0n) is 24.7. The maximum absolute atomic E-state index is 13.7. The van der Waals surface area contributed by atoms with Gasteiger partial charge < -0.3 is 19.8 Å². The summed E-state index contributed by atoms with van der Waals surface area (Å²) in [5, 5.41) is 14.2. The minimum atomic E-state index is -1.40. The van der Waals surface area contributed by atoms with E-state index in [4.69, 9.17) is 9.40 Å². The number of rotatable bonds is 8. The molecule has 224 valence electrons. The quantitative estimate of drug-likeness (QED) is 0.185. The summed E-state index contributed by atoms with van der Waals surface area (Å²) in [6, 6.07) is 21.1. The van der Waals surface area contributed by atoms with E-state index in [2.05, 4.69) is 16.4 Å². The number of hydrogen-bond acceptors (Lipinski definition) is 5. The Labute approximate surface area is 256 Å². The number of nitrogens with zero attached hydrogens (tertiary/aromatic N) is 2. The second-order valence-electron chi connectivity index (χ2n) is 10.5. The Kier molecular flexibility index (Phi) is 7.79. The fourth-order valence-corrected chi connectivity index (χ4v) is 6.02. The zero-order valence-corrected chi connectivity index (χ0v) is 25.5. The highest BCUT2D eigenvalue weighted by Gasteiger charge is 2.26. The third-order valence-electron chi connectivity index (χ3n) is 7.93. The van der Waals surface area contributed by atoms with Crippen LogP contribution in [0.15, 0.2) is 77.2 Å². The molecule has 6 aromatic rings. The number of aliphatic hydroxyl groups excluding tert-OH is 1. The number of anilines is 1. The molecule has 0 fully saturated rings. The molecule has 0 aliphatic rings. The number of halogens is 1. The number of benzene rings is 3. The predicted octanol–water partition coefficient (Wildman–Crippen LogP) is 6.38. The fraction of sp³-hybridized carbons (Fsp3) is 0.176. The Morgan fingerprint density at radius 1 is 1.09 bits per heavy atom. The Balaban J connectivity index is 1.63. The summed E-state index contributed by atoms with van der Waals surface area (Å²) in [5.74, 6) is -0.474. The molecule has 0 aliphatic carbocycles. The van der Waals surface area contributed by atoms with Gasteiger partial charge >= 0.3 is 0 Å². The van der Waals surface area contributed by atoms with Crippen LogP contribution in [0.5, 0.6) is 0 Å². The predicted molar refractivity (Wildman–Crippen MR) is 174 cm³/mol. The van der Waals surface area contributed by atoms with Crippen LogP contribution in [0.1, 0.15) is 21.5 Å². The molecule has 3 aromatic heterocycles. The number of pyridine rings is 1. The molecule has 8 nitrogen and oxygen atoms in total. The first-order valence-corrected chi connectivity index (χ1v) is 15.6. The van der Waals surface area contributed by atoms with Gasteiger partial charge in [-0.2, -0.15) is 0 Å². The fourth-order valence-electron chi connectivity index (χ4n) is 5.59. The number of nitrogens with one attached hydrogen (secondary N) is 2. The number of hydrogen-bond donors (Lipinski definition) is 3. The Hall–Kier alpha value is -4.80. The van der Waals surface area contributed by atoms with Crippen molar-refractivity contribution in [3.63, 3.8) is 0 Å². The summed E-state index contributed by atoms with van der Waals surface area (Å²) in [5.41, 5.74) is 7.48. The van der Waals surface area contributed by atoms with Crippen LogP contribution in [0.2, 0.25) is 0 Å². The maximum Gasteiger partial charge on any atom is 0.255 e. The molecule has 1 amide bonds. The van der Waals surface area contributed by atoms with Gasteiger partial charge in [-0.1, -0.05) is 24.3 Å². The summed E-state index contributed by atoms with van der Waals surface area (Å²) in [6.07, 6.45) is 1.98. The highest BCUT2D eigenvalue weighted by Crippen LogP contribution is 2.41. The van der Waals surface area contributed by atoms with Gasteiger partial charge in [-0.25, -0.2) is 13.6 Å². The van der Waals surface area contributed by atoms with E-state index in [1.807, 2.05) is 43.3 Å². The lowest BCUT2D eigenvalue weighted by Crippen LogP contribution is -2.20.